The Hall–Kier alpha value is -1.79. The van der Waals surface area contributed by atoms with Gasteiger partial charge in [0.25, 0.3) is 0 Å². The Balaban J connectivity index is 3.11. The number of carboxylic acid groups (broad SMARTS) is 1. The van der Waals surface area contributed by atoms with Crippen molar-refractivity contribution in [2.75, 3.05) is 6.61 Å². The third-order valence-corrected chi connectivity index (χ3v) is 2.22. The van der Waals surface area contributed by atoms with E-state index in [0.717, 1.165) is 5.56 Å². The normalized spacial score (nSPS) is 9.44. The summed E-state index contributed by atoms with van der Waals surface area (Å²) in [5.41, 5.74) is 2.54. The molecule has 0 atom stereocenters. The van der Waals surface area contributed by atoms with Crippen molar-refractivity contribution >= 4 is 5.97 Å². The fourth-order valence-corrected chi connectivity index (χ4v) is 1.59. The van der Waals surface area contributed by atoms with Gasteiger partial charge >= 0.3 is 5.97 Å². The van der Waals surface area contributed by atoms with E-state index in [0.29, 0.717) is 23.1 Å². The average molecular weight is 218 g/mol. The number of aromatic carboxylic acids is 1. The molecule has 0 aliphatic carbocycles. The molecule has 1 rings (SSSR count). The van der Waals surface area contributed by atoms with E-state index in [1.807, 2.05) is 0 Å². The quantitative estimate of drug-likeness (QED) is 0.743. The van der Waals surface area contributed by atoms with E-state index in [4.69, 9.17) is 10.2 Å². The Kier molecular flexibility index (Phi) is 4.10. The lowest BCUT2D eigenvalue weighted by Crippen LogP contribution is -2.03. The summed E-state index contributed by atoms with van der Waals surface area (Å²) in [6.07, 6.45) is 0.429. The van der Waals surface area contributed by atoms with E-state index in [2.05, 4.69) is 11.8 Å². The number of hydrogen-bond acceptors (Lipinski definition) is 2. The zero-order valence-corrected chi connectivity index (χ0v) is 9.37. The van der Waals surface area contributed by atoms with Gasteiger partial charge in [-0.2, -0.15) is 0 Å². The van der Waals surface area contributed by atoms with Gasteiger partial charge in [0.2, 0.25) is 0 Å². The number of hydrogen-bond donors (Lipinski definition) is 2. The number of aliphatic hydroxyl groups excluding tert-OH is 1. The van der Waals surface area contributed by atoms with Crippen LogP contribution < -0.4 is 0 Å². The average Bonchev–Trinajstić information content (AvgIpc) is 2.16. The minimum atomic E-state index is -0.912. The highest BCUT2D eigenvalue weighted by Gasteiger charge is 2.10. The third kappa shape index (κ3) is 2.85. The number of aliphatic hydroxyl groups is 1. The summed E-state index contributed by atoms with van der Waals surface area (Å²) in [5, 5.41) is 17.6. The van der Waals surface area contributed by atoms with Crippen molar-refractivity contribution in [1.29, 1.82) is 0 Å². The highest BCUT2D eigenvalue weighted by Crippen LogP contribution is 2.16. The van der Waals surface area contributed by atoms with Crippen molar-refractivity contribution in [2.45, 2.75) is 20.3 Å². The van der Waals surface area contributed by atoms with Crippen LogP contribution in [0.15, 0.2) is 12.1 Å². The maximum Gasteiger partial charge on any atom is 0.336 e. The number of carbonyl (C=O) groups is 1. The number of carboxylic acids is 1. The summed E-state index contributed by atoms with van der Waals surface area (Å²) in [6, 6.07) is 3.50. The monoisotopic (exact) mass is 218 g/mol. The fraction of sp³-hybridized carbons (Fsp3) is 0.308. The molecule has 84 valence electrons. The first-order chi connectivity index (χ1) is 7.56. The Morgan fingerprint density at radius 3 is 2.31 bits per heavy atom. The summed E-state index contributed by atoms with van der Waals surface area (Å²) < 4.78 is 0. The van der Waals surface area contributed by atoms with Gasteiger partial charge < -0.3 is 10.2 Å². The molecule has 0 spiro atoms. The second-order valence-electron chi connectivity index (χ2n) is 3.57. The highest BCUT2D eigenvalue weighted by molar-refractivity contribution is 5.91. The Morgan fingerprint density at radius 2 is 1.88 bits per heavy atom. The van der Waals surface area contributed by atoms with Crippen molar-refractivity contribution in [2.24, 2.45) is 0 Å². The van der Waals surface area contributed by atoms with Crippen LogP contribution in [0.5, 0.6) is 0 Å². The minimum absolute atomic E-state index is 0.0399. The molecule has 1 aromatic rings. The van der Waals surface area contributed by atoms with Crippen LogP contribution in [0.25, 0.3) is 0 Å². The van der Waals surface area contributed by atoms with Crippen molar-refractivity contribution in [1.82, 2.24) is 0 Å². The van der Waals surface area contributed by atoms with E-state index in [9.17, 15) is 4.79 Å². The zero-order chi connectivity index (χ0) is 12.1. The van der Waals surface area contributed by atoms with Crippen LogP contribution in [0.2, 0.25) is 0 Å². The molecule has 3 heteroatoms. The lowest BCUT2D eigenvalue weighted by molar-refractivity contribution is 0.0695. The van der Waals surface area contributed by atoms with Crippen LogP contribution in [0.4, 0.5) is 0 Å². The standard InChI is InChI=1S/C13H14O3/c1-9-7-11(5-3-4-6-14)8-10(2)12(9)13(15)16/h7-8,14H,4,6H2,1-2H3,(H,15,16). The molecule has 0 saturated heterocycles. The first-order valence-electron chi connectivity index (χ1n) is 5.00. The van der Waals surface area contributed by atoms with Gasteiger partial charge in [0.15, 0.2) is 0 Å². The first kappa shape index (κ1) is 12.3. The Labute approximate surface area is 94.7 Å². The van der Waals surface area contributed by atoms with E-state index < -0.39 is 5.97 Å². The smallest absolute Gasteiger partial charge is 0.336 e. The molecule has 3 nitrogen and oxygen atoms in total. The van der Waals surface area contributed by atoms with Gasteiger partial charge in [0.05, 0.1) is 12.2 Å². The van der Waals surface area contributed by atoms with Crippen LogP contribution in [0.3, 0.4) is 0 Å². The van der Waals surface area contributed by atoms with Gasteiger partial charge in [-0.3, -0.25) is 0 Å². The molecule has 16 heavy (non-hydrogen) atoms. The molecule has 0 radical (unpaired) electrons. The third-order valence-electron chi connectivity index (χ3n) is 2.22. The summed E-state index contributed by atoms with van der Waals surface area (Å²) >= 11 is 0. The molecule has 0 bridgehead atoms. The molecule has 0 aliphatic heterocycles. The SMILES string of the molecule is Cc1cc(C#CCCO)cc(C)c1C(=O)O. The molecule has 0 aliphatic rings. The van der Waals surface area contributed by atoms with E-state index >= 15 is 0 Å². The summed E-state index contributed by atoms with van der Waals surface area (Å²) in [6.45, 7) is 3.56. The zero-order valence-electron chi connectivity index (χ0n) is 9.37. The lowest BCUT2D eigenvalue weighted by Gasteiger charge is -2.05. The van der Waals surface area contributed by atoms with Crippen molar-refractivity contribution < 1.29 is 15.0 Å². The van der Waals surface area contributed by atoms with Crippen LogP contribution in [-0.2, 0) is 0 Å². The molecular weight excluding hydrogens is 204 g/mol. The molecule has 0 amide bonds. The van der Waals surface area contributed by atoms with Crippen LogP contribution in [0.1, 0.15) is 33.5 Å². The molecule has 0 fully saturated rings. The molecular formula is C13H14O3. The minimum Gasteiger partial charge on any atom is -0.478 e. The Morgan fingerprint density at radius 1 is 1.31 bits per heavy atom. The summed E-state index contributed by atoms with van der Waals surface area (Å²) in [5.74, 6) is 4.79. The lowest BCUT2D eigenvalue weighted by atomic mass is 9.99. The number of benzene rings is 1. The van der Waals surface area contributed by atoms with Gasteiger partial charge in [0.1, 0.15) is 0 Å². The second kappa shape index (κ2) is 5.34. The van der Waals surface area contributed by atoms with Crippen molar-refractivity contribution in [3.05, 3.63) is 34.4 Å². The second-order valence-corrected chi connectivity index (χ2v) is 3.57. The highest BCUT2D eigenvalue weighted by atomic mass is 16.4. The van der Waals surface area contributed by atoms with Crippen molar-refractivity contribution in [3.8, 4) is 11.8 Å². The molecule has 2 N–H and O–H groups in total. The molecule has 0 heterocycles. The Bertz CT molecular complexity index is 441. The van der Waals surface area contributed by atoms with E-state index in [1.165, 1.54) is 0 Å². The van der Waals surface area contributed by atoms with Gasteiger partial charge in [0, 0.05) is 12.0 Å². The van der Waals surface area contributed by atoms with Crippen LogP contribution in [-0.4, -0.2) is 22.8 Å². The maximum absolute atomic E-state index is 10.9. The predicted octanol–water partition coefficient (Wildman–Crippen LogP) is 1.74. The predicted molar refractivity (Wildman–Crippen MR) is 61.5 cm³/mol. The van der Waals surface area contributed by atoms with E-state index in [1.54, 1.807) is 26.0 Å². The number of rotatable bonds is 2. The van der Waals surface area contributed by atoms with Crippen LogP contribution >= 0.6 is 0 Å². The van der Waals surface area contributed by atoms with Crippen molar-refractivity contribution in [3.63, 3.8) is 0 Å². The number of aryl methyl sites for hydroxylation is 2. The van der Waals surface area contributed by atoms with E-state index in [-0.39, 0.29) is 6.61 Å². The van der Waals surface area contributed by atoms with Gasteiger partial charge in [-0.1, -0.05) is 11.8 Å². The first-order valence-corrected chi connectivity index (χ1v) is 5.00. The molecule has 1 aromatic carbocycles. The topological polar surface area (TPSA) is 57.5 Å². The summed E-state index contributed by atoms with van der Waals surface area (Å²) in [7, 11) is 0. The maximum atomic E-state index is 10.9. The molecule has 0 unspecified atom stereocenters. The largest absolute Gasteiger partial charge is 0.478 e. The van der Waals surface area contributed by atoms with Gasteiger partial charge in [-0.05, 0) is 37.1 Å². The molecule has 0 saturated carbocycles. The van der Waals surface area contributed by atoms with Gasteiger partial charge in [-0.15, -0.1) is 0 Å². The molecule has 0 aromatic heterocycles. The van der Waals surface area contributed by atoms with Gasteiger partial charge in [-0.25, -0.2) is 4.79 Å². The van der Waals surface area contributed by atoms with Crippen LogP contribution in [0, 0.1) is 25.7 Å². The summed E-state index contributed by atoms with van der Waals surface area (Å²) in [4.78, 5) is 10.9. The fourth-order valence-electron chi connectivity index (χ4n) is 1.59.